The lowest BCUT2D eigenvalue weighted by molar-refractivity contribution is -0.191. The first-order chi connectivity index (χ1) is 8.91. The molecule has 0 aromatic carbocycles. The van der Waals surface area contributed by atoms with Gasteiger partial charge in [0, 0.05) is 11.8 Å². The van der Waals surface area contributed by atoms with Crippen molar-refractivity contribution in [1.82, 2.24) is 15.5 Å². The highest BCUT2D eigenvalue weighted by Gasteiger charge is 2.72. The van der Waals surface area contributed by atoms with Crippen LogP contribution in [0.15, 0.2) is 0 Å². The second-order valence-corrected chi connectivity index (χ2v) is 9.33. The van der Waals surface area contributed by atoms with Crippen molar-refractivity contribution < 1.29 is 0 Å². The topological polar surface area (TPSA) is 37.8 Å². The van der Waals surface area contributed by atoms with Gasteiger partial charge in [0.05, 0.1) is 0 Å². The van der Waals surface area contributed by atoms with Crippen molar-refractivity contribution in [2.45, 2.75) is 51.9 Å². The summed E-state index contributed by atoms with van der Waals surface area (Å²) in [7, 11) is 0. The molecule has 0 atom stereocenters. The Hall–Kier alpha value is -0.480. The number of rotatable bonds is 3. The minimum absolute atomic E-state index is 0.315. The highest BCUT2D eigenvalue weighted by molar-refractivity contribution is 7.11. The zero-order chi connectivity index (χ0) is 13.3. The van der Waals surface area contributed by atoms with Crippen molar-refractivity contribution in [3.63, 3.8) is 0 Å². The fraction of sp³-hybridized carbons (Fsp3) is 0.867. The van der Waals surface area contributed by atoms with Crippen LogP contribution in [0.3, 0.4) is 0 Å². The summed E-state index contributed by atoms with van der Waals surface area (Å²) in [5, 5.41) is 14.9. The van der Waals surface area contributed by atoms with Gasteiger partial charge in [0.1, 0.15) is 10.0 Å². The van der Waals surface area contributed by atoms with E-state index in [1.54, 1.807) is 0 Å². The Balaban J connectivity index is 1.45. The summed E-state index contributed by atoms with van der Waals surface area (Å²) < 4.78 is 0. The fourth-order valence-electron chi connectivity index (χ4n) is 4.24. The monoisotopic (exact) mass is 277 g/mol. The fourth-order valence-corrected chi connectivity index (χ4v) is 5.57. The van der Waals surface area contributed by atoms with Crippen LogP contribution in [0.1, 0.15) is 50.0 Å². The summed E-state index contributed by atoms with van der Waals surface area (Å²) >= 11 is 1.88. The van der Waals surface area contributed by atoms with Crippen LogP contribution in [-0.4, -0.2) is 23.3 Å². The summed E-state index contributed by atoms with van der Waals surface area (Å²) in [4.78, 5) is 0. The van der Waals surface area contributed by atoms with E-state index in [1.165, 1.54) is 42.4 Å². The van der Waals surface area contributed by atoms with E-state index in [0.717, 1.165) is 12.3 Å². The van der Waals surface area contributed by atoms with Crippen LogP contribution in [0.4, 0.5) is 0 Å². The molecule has 1 N–H and O–H groups in total. The average molecular weight is 277 g/mol. The van der Waals surface area contributed by atoms with E-state index in [0.29, 0.717) is 16.2 Å². The van der Waals surface area contributed by atoms with Gasteiger partial charge in [-0.05, 0) is 49.1 Å². The molecule has 4 aliphatic rings. The Morgan fingerprint density at radius 1 is 1.21 bits per heavy atom. The Morgan fingerprint density at radius 2 is 1.89 bits per heavy atom. The zero-order valence-corrected chi connectivity index (χ0v) is 12.9. The molecule has 4 fully saturated rings. The van der Waals surface area contributed by atoms with Crippen molar-refractivity contribution in [2.75, 3.05) is 13.1 Å². The summed E-state index contributed by atoms with van der Waals surface area (Å²) in [5.74, 6) is 0.955. The third kappa shape index (κ3) is 1.72. The quantitative estimate of drug-likeness (QED) is 0.923. The standard InChI is InChI=1S/C15H23N3S/c1-13(2,3)4-11-17-18-12(19-11)15-7-14(8-15,9-15)10-5-16-6-10/h10,16H,4-9H2,1-3H3. The van der Waals surface area contributed by atoms with Crippen molar-refractivity contribution >= 4 is 11.3 Å². The molecule has 2 heterocycles. The van der Waals surface area contributed by atoms with Crippen molar-refractivity contribution in [2.24, 2.45) is 16.7 Å². The largest absolute Gasteiger partial charge is 0.316 e. The normalized spacial score (nSPS) is 37.4. The predicted molar refractivity (Wildman–Crippen MR) is 77.4 cm³/mol. The molecule has 0 radical (unpaired) electrons. The Kier molecular flexibility index (Phi) is 2.32. The first-order valence-electron chi connectivity index (χ1n) is 7.45. The molecule has 3 aliphatic carbocycles. The van der Waals surface area contributed by atoms with Crippen molar-refractivity contribution in [3.05, 3.63) is 10.0 Å². The molecule has 3 nitrogen and oxygen atoms in total. The molecule has 3 saturated carbocycles. The number of nitrogens with one attached hydrogen (secondary N) is 1. The van der Waals surface area contributed by atoms with E-state index in [9.17, 15) is 0 Å². The maximum absolute atomic E-state index is 4.52. The summed E-state index contributed by atoms with van der Waals surface area (Å²) in [5.41, 5.74) is 1.46. The molecule has 1 aromatic heterocycles. The molecule has 1 aromatic rings. The first kappa shape index (κ1) is 12.3. The number of nitrogens with zero attached hydrogens (tertiary/aromatic N) is 2. The molecule has 1 aliphatic heterocycles. The SMILES string of the molecule is CC(C)(C)Cc1nnc(C23CC(C4CNC4)(C2)C3)s1. The van der Waals surface area contributed by atoms with Gasteiger partial charge in [0.2, 0.25) is 0 Å². The molecule has 5 rings (SSSR count). The van der Waals surface area contributed by atoms with Crippen LogP contribution >= 0.6 is 11.3 Å². The molecule has 0 spiro atoms. The molecule has 0 unspecified atom stereocenters. The molecule has 1 saturated heterocycles. The number of hydrogen-bond acceptors (Lipinski definition) is 4. The van der Waals surface area contributed by atoms with E-state index in [-0.39, 0.29) is 0 Å². The van der Waals surface area contributed by atoms with Gasteiger partial charge in [0.15, 0.2) is 0 Å². The molecular weight excluding hydrogens is 254 g/mol. The van der Waals surface area contributed by atoms with Gasteiger partial charge in [-0.1, -0.05) is 20.8 Å². The highest BCUT2D eigenvalue weighted by Crippen LogP contribution is 2.76. The van der Waals surface area contributed by atoms with Crippen molar-refractivity contribution in [3.8, 4) is 0 Å². The van der Waals surface area contributed by atoms with Gasteiger partial charge < -0.3 is 5.32 Å². The van der Waals surface area contributed by atoms with E-state index in [2.05, 4.69) is 36.3 Å². The van der Waals surface area contributed by atoms with Gasteiger partial charge in [-0.3, -0.25) is 0 Å². The van der Waals surface area contributed by atoms with Crippen LogP contribution in [0.5, 0.6) is 0 Å². The van der Waals surface area contributed by atoms with Gasteiger partial charge in [-0.15, -0.1) is 21.5 Å². The maximum Gasteiger partial charge on any atom is 0.123 e. The Bertz CT molecular complexity index is 490. The molecule has 19 heavy (non-hydrogen) atoms. The first-order valence-corrected chi connectivity index (χ1v) is 8.26. The van der Waals surface area contributed by atoms with Crippen LogP contribution in [0.2, 0.25) is 0 Å². The zero-order valence-electron chi connectivity index (χ0n) is 12.1. The second kappa shape index (κ2) is 3.59. The Labute approximate surface area is 119 Å². The molecule has 4 heteroatoms. The maximum atomic E-state index is 4.52. The summed E-state index contributed by atoms with van der Waals surface area (Å²) in [6.07, 6.45) is 5.21. The van der Waals surface area contributed by atoms with E-state index < -0.39 is 0 Å². The Morgan fingerprint density at radius 3 is 2.42 bits per heavy atom. The van der Waals surface area contributed by atoms with Gasteiger partial charge in [0.25, 0.3) is 0 Å². The lowest BCUT2D eigenvalue weighted by Crippen LogP contribution is -2.72. The van der Waals surface area contributed by atoms with Crippen LogP contribution in [0.25, 0.3) is 0 Å². The van der Waals surface area contributed by atoms with E-state index in [4.69, 9.17) is 0 Å². The highest BCUT2D eigenvalue weighted by atomic mass is 32.1. The number of aromatic nitrogens is 2. The van der Waals surface area contributed by atoms with E-state index in [1.807, 2.05) is 11.3 Å². The molecule has 0 amide bonds. The summed E-state index contributed by atoms with van der Waals surface area (Å²) in [6.45, 7) is 9.32. The second-order valence-electron chi connectivity index (χ2n) is 8.27. The van der Waals surface area contributed by atoms with Gasteiger partial charge >= 0.3 is 0 Å². The molecular formula is C15H23N3S. The lowest BCUT2D eigenvalue weighted by atomic mass is 9.31. The average Bonchev–Trinajstić information content (AvgIpc) is 2.50. The molecule has 104 valence electrons. The third-order valence-electron chi connectivity index (χ3n) is 5.32. The van der Waals surface area contributed by atoms with Crippen LogP contribution in [0, 0.1) is 16.7 Å². The van der Waals surface area contributed by atoms with Gasteiger partial charge in [-0.25, -0.2) is 0 Å². The third-order valence-corrected chi connectivity index (χ3v) is 6.49. The van der Waals surface area contributed by atoms with Gasteiger partial charge in [-0.2, -0.15) is 0 Å². The van der Waals surface area contributed by atoms with Crippen molar-refractivity contribution in [1.29, 1.82) is 0 Å². The minimum Gasteiger partial charge on any atom is -0.316 e. The number of hydrogen-bond donors (Lipinski definition) is 1. The van der Waals surface area contributed by atoms with Crippen LogP contribution in [-0.2, 0) is 11.8 Å². The smallest absolute Gasteiger partial charge is 0.123 e. The predicted octanol–water partition coefficient (Wildman–Crippen LogP) is 2.77. The summed E-state index contributed by atoms with van der Waals surface area (Å²) in [6, 6.07) is 0. The lowest BCUT2D eigenvalue weighted by Gasteiger charge is -2.74. The molecule has 2 bridgehead atoms. The minimum atomic E-state index is 0.315. The van der Waals surface area contributed by atoms with Crippen LogP contribution < -0.4 is 5.32 Å². The van der Waals surface area contributed by atoms with E-state index >= 15 is 0 Å².